The molecule has 0 radical (unpaired) electrons. The Morgan fingerprint density at radius 3 is 2.76 bits per heavy atom. The van der Waals surface area contributed by atoms with Crippen LogP contribution < -0.4 is 5.32 Å². The summed E-state index contributed by atoms with van der Waals surface area (Å²) in [4.78, 5) is 11.1. The van der Waals surface area contributed by atoms with Gasteiger partial charge in [-0.3, -0.25) is 0 Å². The lowest BCUT2D eigenvalue weighted by atomic mass is 10.0. The Labute approximate surface area is 124 Å². The molecular formula is C18H19NO2. The van der Waals surface area contributed by atoms with Crippen molar-refractivity contribution in [2.45, 2.75) is 32.7 Å². The molecule has 0 bridgehead atoms. The van der Waals surface area contributed by atoms with Crippen LogP contribution in [0, 0.1) is 13.8 Å². The molecule has 2 aromatic rings. The number of fused-ring (bicyclic) bond motifs is 1. The normalized spacial score (nSPS) is 16.6. The predicted octanol–water partition coefficient (Wildman–Crippen LogP) is 4.10. The molecule has 0 aliphatic heterocycles. The summed E-state index contributed by atoms with van der Waals surface area (Å²) < 4.78 is 0. The number of carboxylic acids is 1. The van der Waals surface area contributed by atoms with Crippen LogP contribution in [0.1, 0.15) is 45.1 Å². The minimum atomic E-state index is -0.888. The van der Waals surface area contributed by atoms with Gasteiger partial charge in [0.25, 0.3) is 0 Å². The van der Waals surface area contributed by atoms with Crippen molar-refractivity contribution in [2.75, 3.05) is 5.32 Å². The molecule has 3 nitrogen and oxygen atoms in total. The highest BCUT2D eigenvalue weighted by Crippen LogP contribution is 2.35. The highest BCUT2D eigenvalue weighted by atomic mass is 16.4. The number of carboxylic acid groups (broad SMARTS) is 1. The molecule has 0 saturated carbocycles. The molecule has 1 atom stereocenters. The van der Waals surface area contributed by atoms with Gasteiger partial charge >= 0.3 is 5.97 Å². The van der Waals surface area contributed by atoms with Gasteiger partial charge in [-0.2, -0.15) is 0 Å². The molecular weight excluding hydrogens is 262 g/mol. The zero-order chi connectivity index (χ0) is 15.0. The number of carbonyl (C=O) groups is 1. The van der Waals surface area contributed by atoms with Crippen molar-refractivity contribution in [3.63, 3.8) is 0 Å². The largest absolute Gasteiger partial charge is 0.478 e. The third kappa shape index (κ3) is 2.64. The number of benzene rings is 2. The van der Waals surface area contributed by atoms with Gasteiger partial charge in [0.1, 0.15) is 0 Å². The molecule has 0 spiro atoms. The predicted molar refractivity (Wildman–Crippen MR) is 84.0 cm³/mol. The summed E-state index contributed by atoms with van der Waals surface area (Å²) in [5, 5.41) is 12.7. The molecule has 0 amide bonds. The molecule has 0 heterocycles. The zero-order valence-corrected chi connectivity index (χ0v) is 12.3. The molecule has 1 aliphatic rings. The molecule has 0 saturated heterocycles. The van der Waals surface area contributed by atoms with Crippen molar-refractivity contribution in [1.82, 2.24) is 0 Å². The molecule has 21 heavy (non-hydrogen) atoms. The van der Waals surface area contributed by atoms with Gasteiger partial charge in [-0.15, -0.1) is 0 Å². The van der Waals surface area contributed by atoms with E-state index in [9.17, 15) is 4.79 Å². The average Bonchev–Trinajstić information content (AvgIpc) is 2.83. The fourth-order valence-electron chi connectivity index (χ4n) is 2.97. The quantitative estimate of drug-likeness (QED) is 0.890. The average molecular weight is 281 g/mol. The molecule has 0 fully saturated rings. The Kier molecular flexibility index (Phi) is 3.42. The Hall–Kier alpha value is -2.29. The van der Waals surface area contributed by atoms with Crippen LogP contribution in [0.5, 0.6) is 0 Å². The number of hydrogen-bond donors (Lipinski definition) is 2. The minimum absolute atomic E-state index is 0.266. The summed E-state index contributed by atoms with van der Waals surface area (Å²) >= 11 is 0. The van der Waals surface area contributed by atoms with Crippen LogP contribution in [-0.2, 0) is 6.42 Å². The van der Waals surface area contributed by atoms with E-state index in [1.165, 1.54) is 16.7 Å². The van der Waals surface area contributed by atoms with Gasteiger partial charge in [-0.05, 0) is 55.5 Å². The summed E-state index contributed by atoms with van der Waals surface area (Å²) in [6.45, 7) is 4.10. The van der Waals surface area contributed by atoms with Crippen molar-refractivity contribution in [3.8, 4) is 0 Å². The lowest BCUT2D eigenvalue weighted by molar-refractivity contribution is 0.0697. The molecule has 1 aliphatic carbocycles. The molecule has 0 aromatic heterocycles. The van der Waals surface area contributed by atoms with Crippen molar-refractivity contribution in [1.29, 1.82) is 0 Å². The Morgan fingerprint density at radius 2 is 2.00 bits per heavy atom. The monoisotopic (exact) mass is 281 g/mol. The van der Waals surface area contributed by atoms with Crippen LogP contribution in [0.25, 0.3) is 0 Å². The number of hydrogen-bond acceptors (Lipinski definition) is 2. The van der Waals surface area contributed by atoms with Crippen LogP contribution >= 0.6 is 0 Å². The van der Waals surface area contributed by atoms with E-state index in [1.807, 2.05) is 13.0 Å². The van der Waals surface area contributed by atoms with E-state index in [1.54, 1.807) is 12.1 Å². The standard InChI is InChI=1S/C18H19NO2/c1-11-3-5-13-7-8-16(15(13)9-11)19-17-10-14(18(20)21)6-4-12(17)2/h3-6,9-10,16,19H,7-8H2,1-2H3,(H,20,21). The highest BCUT2D eigenvalue weighted by molar-refractivity contribution is 5.89. The number of aromatic carboxylic acids is 1. The SMILES string of the molecule is Cc1ccc2c(c1)C(Nc1cc(C(=O)O)ccc1C)CC2. The maximum atomic E-state index is 11.1. The smallest absolute Gasteiger partial charge is 0.335 e. The fourth-order valence-corrected chi connectivity index (χ4v) is 2.97. The first-order valence-electron chi connectivity index (χ1n) is 7.24. The van der Waals surface area contributed by atoms with Crippen molar-refractivity contribution in [3.05, 3.63) is 64.2 Å². The van der Waals surface area contributed by atoms with Crippen molar-refractivity contribution in [2.24, 2.45) is 0 Å². The summed E-state index contributed by atoms with van der Waals surface area (Å²) in [5.41, 5.74) is 6.31. The maximum absolute atomic E-state index is 11.1. The third-order valence-electron chi connectivity index (χ3n) is 4.19. The van der Waals surface area contributed by atoms with E-state index in [0.29, 0.717) is 5.56 Å². The summed E-state index contributed by atoms with van der Waals surface area (Å²) in [5.74, 6) is -0.888. The Balaban J connectivity index is 1.91. The second-order valence-electron chi connectivity index (χ2n) is 5.77. The number of anilines is 1. The van der Waals surface area contributed by atoms with Crippen LogP contribution in [0.15, 0.2) is 36.4 Å². The van der Waals surface area contributed by atoms with E-state index in [0.717, 1.165) is 24.1 Å². The van der Waals surface area contributed by atoms with E-state index < -0.39 is 5.97 Å². The lowest BCUT2D eigenvalue weighted by Crippen LogP contribution is -2.09. The van der Waals surface area contributed by atoms with Crippen LogP contribution in [0.2, 0.25) is 0 Å². The first-order valence-corrected chi connectivity index (χ1v) is 7.24. The topological polar surface area (TPSA) is 49.3 Å². The van der Waals surface area contributed by atoms with Gasteiger partial charge in [-0.1, -0.05) is 29.8 Å². The van der Waals surface area contributed by atoms with Gasteiger partial charge in [0.15, 0.2) is 0 Å². The van der Waals surface area contributed by atoms with E-state index in [4.69, 9.17) is 5.11 Å². The second-order valence-corrected chi connectivity index (χ2v) is 5.77. The van der Waals surface area contributed by atoms with E-state index >= 15 is 0 Å². The summed E-state index contributed by atoms with van der Waals surface area (Å²) in [7, 11) is 0. The molecule has 1 unspecified atom stereocenters. The molecule has 2 N–H and O–H groups in total. The van der Waals surface area contributed by atoms with E-state index in [2.05, 4.69) is 30.4 Å². The molecule has 3 rings (SSSR count). The first-order chi connectivity index (χ1) is 10.0. The van der Waals surface area contributed by atoms with Crippen LogP contribution in [-0.4, -0.2) is 11.1 Å². The van der Waals surface area contributed by atoms with Crippen LogP contribution in [0.4, 0.5) is 5.69 Å². The van der Waals surface area contributed by atoms with Gasteiger partial charge in [0.2, 0.25) is 0 Å². The van der Waals surface area contributed by atoms with Crippen molar-refractivity contribution >= 4 is 11.7 Å². The van der Waals surface area contributed by atoms with Gasteiger partial charge < -0.3 is 10.4 Å². The summed E-state index contributed by atoms with van der Waals surface area (Å²) in [6, 6.07) is 12.1. The lowest BCUT2D eigenvalue weighted by Gasteiger charge is -2.18. The fraction of sp³-hybridized carbons (Fsp3) is 0.278. The third-order valence-corrected chi connectivity index (χ3v) is 4.19. The second kappa shape index (κ2) is 5.24. The molecule has 3 heteroatoms. The van der Waals surface area contributed by atoms with Gasteiger partial charge in [0.05, 0.1) is 11.6 Å². The molecule has 2 aromatic carbocycles. The van der Waals surface area contributed by atoms with Crippen LogP contribution in [0.3, 0.4) is 0 Å². The summed E-state index contributed by atoms with van der Waals surface area (Å²) in [6.07, 6.45) is 2.13. The van der Waals surface area contributed by atoms with E-state index in [-0.39, 0.29) is 6.04 Å². The Morgan fingerprint density at radius 1 is 1.19 bits per heavy atom. The van der Waals surface area contributed by atoms with Gasteiger partial charge in [-0.25, -0.2) is 4.79 Å². The highest BCUT2D eigenvalue weighted by Gasteiger charge is 2.22. The number of nitrogens with one attached hydrogen (secondary N) is 1. The Bertz CT molecular complexity index is 706. The number of rotatable bonds is 3. The van der Waals surface area contributed by atoms with Gasteiger partial charge in [0, 0.05) is 5.69 Å². The van der Waals surface area contributed by atoms with Crippen molar-refractivity contribution < 1.29 is 9.90 Å². The minimum Gasteiger partial charge on any atom is -0.478 e. The molecule has 108 valence electrons. The zero-order valence-electron chi connectivity index (χ0n) is 12.3. The first kappa shape index (κ1) is 13.7. The maximum Gasteiger partial charge on any atom is 0.335 e. The number of aryl methyl sites for hydroxylation is 3.